The lowest BCUT2D eigenvalue weighted by Crippen LogP contribution is -2.43. The standard InChI is InChI=1S/C21H21NO3/c1-14-6-10-16(11-7-14)25-17-12-8-15(9-13-17)22-20(23)18-4-2-3-5-19(18)21(22)24/h2-7,10-11,15,17H,8-9,12-13H2,1H3. The molecule has 0 aromatic heterocycles. The number of carbonyl (C=O) groups excluding carboxylic acids is 2. The first kappa shape index (κ1) is 15.9. The normalized spacial score (nSPS) is 22.8. The number of benzene rings is 2. The van der Waals surface area contributed by atoms with Gasteiger partial charge < -0.3 is 4.74 Å². The highest BCUT2D eigenvalue weighted by atomic mass is 16.5. The number of rotatable bonds is 3. The van der Waals surface area contributed by atoms with E-state index in [1.54, 1.807) is 24.3 Å². The Balaban J connectivity index is 1.40. The summed E-state index contributed by atoms with van der Waals surface area (Å²) in [6.07, 6.45) is 3.44. The molecule has 25 heavy (non-hydrogen) atoms. The minimum atomic E-state index is -0.150. The number of nitrogens with zero attached hydrogens (tertiary/aromatic N) is 1. The second-order valence-corrected chi connectivity index (χ2v) is 6.89. The maximum absolute atomic E-state index is 12.6. The van der Waals surface area contributed by atoms with Gasteiger partial charge in [0.25, 0.3) is 11.8 Å². The lowest BCUT2D eigenvalue weighted by Gasteiger charge is -2.33. The van der Waals surface area contributed by atoms with Crippen LogP contribution in [0.5, 0.6) is 5.75 Å². The van der Waals surface area contributed by atoms with E-state index in [9.17, 15) is 9.59 Å². The van der Waals surface area contributed by atoms with Crippen LogP contribution in [0.25, 0.3) is 0 Å². The molecule has 128 valence electrons. The number of aryl methyl sites for hydroxylation is 1. The molecule has 4 rings (SSSR count). The van der Waals surface area contributed by atoms with Gasteiger partial charge >= 0.3 is 0 Å². The third-order valence-electron chi connectivity index (χ3n) is 5.16. The van der Waals surface area contributed by atoms with E-state index in [1.807, 2.05) is 24.3 Å². The molecular weight excluding hydrogens is 314 g/mol. The maximum Gasteiger partial charge on any atom is 0.261 e. The SMILES string of the molecule is Cc1ccc(OC2CCC(N3C(=O)c4ccccc4C3=O)CC2)cc1. The van der Waals surface area contributed by atoms with Gasteiger partial charge in [-0.3, -0.25) is 14.5 Å². The Kier molecular flexibility index (Phi) is 4.04. The molecule has 1 fully saturated rings. The maximum atomic E-state index is 12.6. The van der Waals surface area contributed by atoms with Crippen molar-refractivity contribution in [3.63, 3.8) is 0 Å². The highest BCUT2D eigenvalue weighted by Crippen LogP contribution is 2.32. The molecule has 2 aromatic carbocycles. The summed E-state index contributed by atoms with van der Waals surface area (Å²) in [4.78, 5) is 26.6. The summed E-state index contributed by atoms with van der Waals surface area (Å²) in [6, 6.07) is 15.1. The topological polar surface area (TPSA) is 46.6 Å². The molecule has 1 heterocycles. The van der Waals surface area contributed by atoms with Crippen LogP contribution in [0.2, 0.25) is 0 Å². The second-order valence-electron chi connectivity index (χ2n) is 6.89. The van der Waals surface area contributed by atoms with Crippen molar-refractivity contribution < 1.29 is 14.3 Å². The molecule has 0 spiro atoms. The van der Waals surface area contributed by atoms with Crippen molar-refractivity contribution in [3.05, 3.63) is 65.2 Å². The summed E-state index contributed by atoms with van der Waals surface area (Å²) in [5.41, 5.74) is 2.28. The molecule has 2 amide bonds. The molecule has 0 atom stereocenters. The van der Waals surface area contributed by atoms with E-state index in [1.165, 1.54) is 10.5 Å². The number of carbonyl (C=O) groups is 2. The van der Waals surface area contributed by atoms with E-state index in [4.69, 9.17) is 4.74 Å². The second kappa shape index (κ2) is 6.36. The van der Waals surface area contributed by atoms with Crippen LogP contribution >= 0.6 is 0 Å². The van der Waals surface area contributed by atoms with Gasteiger partial charge in [-0.05, 0) is 56.9 Å². The molecule has 4 heteroatoms. The molecule has 4 nitrogen and oxygen atoms in total. The third kappa shape index (κ3) is 2.93. The molecule has 0 saturated heterocycles. The van der Waals surface area contributed by atoms with Crippen molar-refractivity contribution >= 4 is 11.8 Å². The first-order valence-electron chi connectivity index (χ1n) is 8.84. The van der Waals surface area contributed by atoms with E-state index in [2.05, 4.69) is 6.92 Å². The molecule has 2 aliphatic rings. The summed E-state index contributed by atoms with van der Waals surface area (Å²) in [5, 5.41) is 0. The molecule has 0 unspecified atom stereocenters. The Bertz CT molecular complexity index is 769. The van der Waals surface area contributed by atoms with Crippen LogP contribution in [0.4, 0.5) is 0 Å². The predicted molar refractivity (Wildman–Crippen MR) is 94.8 cm³/mol. The highest BCUT2D eigenvalue weighted by Gasteiger charge is 2.41. The average Bonchev–Trinajstić information content (AvgIpc) is 2.89. The van der Waals surface area contributed by atoms with E-state index >= 15 is 0 Å². The fourth-order valence-corrected chi connectivity index (χ4v) is 3.77. The minimum Gasteiger partial charge on any atom is -0.490 e. The molecule has 1 aliphatic heterocycles. The molecule has 0 bridgehead atoms. The number of amides is 2. The lowest BCUT2D eigenvalue weighted by molar-refractivity contribution is 0.0478. The number of fused-ring (bicyclic) bond motifs is 1. The van der Waals surface area contributed by atoms with E-state index in [-0.39, 0.29) is 24.0 Å². The first-order valence-corrected chi connectivity index (χ1v) is 8.84. The molecule has 1 saturated carbocycles. The fourth-order valence-electron chi connectivity index (χ4n) is 3.77. The van der Waals surface area contributed by atoms with Gasteiger partial charge in [-0.25, -0.2) is 0 Å². The third-order valence-corrected chi connectivity index (χ3v) is 5.16. The van der Waals surface area contributed by atoms with Crippen molar-refractivity contribution in [2.24, 2.45) is 0 Å². The molecule has 1 aliphatic carbocycles. The minimum absolute atomic E-state index is 0.0229. The summed E-state index contributed by atoms with van der Waals surface area (Å²) in [5.74, 6) is 0.585. The van der Waals surface area contributed by atoms with Gasteiger partial charge in [-0.2, -0.15) is 0 Å². The summed E-state index contributed by atoms with van der Waals surface area (Å²) in [6.45, 7) is 2.05. The van der Waals surface area contributed by atoms with E-state index in [0.29, 0.717) is 11.1 Å². The highest BCUT2D eigenvalue weighted by molar-refractivity contribution is 6.21. The molecule has 0 N–H and O–H groups in total. The molecule has 2 aromatic rings. The Labute approximate surface area is 147 Å². The van der Waals surface area contributed by atoms with Crippen LogP contribution in [-0.4, -0.2) is 28.9 Å². The van der Waals surface area contributed by atoms with Gasteiger partial charge in [-0.15, -0.1) is 0 Å². The van der Waals surface area contributed by atoms with Gasteiger partial charge in [0.2, 0.25) is 0 Å². The average molecular weight is 335 g/mol. The number of hydrogen-bond acceptors (Lipinski definition) is 3. The Morgan fingerprint density at radius 1 is 0.840 bits per heavy atom. The molecule has 0 radical (unpaired) electrons. The van der Waals surface area contributed by atoms with Gasteiger partial charge in [0.15, 0.2) is 0 Å². The van der Waals surface area contributed by atoms with Crippen molar-refractivity contribution in [2.75, 3.05) is 0 Å². The van der Waals surface area contributed by atoms with Crippen LogP contribution in [0, 0.1) is 6.92 Å². The largest absolute Gasteiger partial charge is 0.490 e. The predicted octanol–water partition coefficient (Wildman–Crippen LogP) is 3.98. The van der Waals surface area contributed by atoms with Crippen molar-refractivity contribution in [1.82, 2.24) is 4.90 Å². The zero-order valence-corrected chi connectivity index (χ0v) is 14.3. The summed E-state index contributed by atoms with van der Waals surface area (Å²) < 4.78 is 6.05. The number of ether oxygens (including phenoxy) is 1. The van der Waals surface area contributed by atoms with Crippen LogP contribution in [-0.2, 0) is 0 Å². The smallest absolute Gasteiger partial charge is 0.261 e. The van der Waals surface area contributed by atoms with Crippen LogP contribution < -0.4 is 4.74 Å². The van der Waals surface area contributed by atoms with E-state index in [0.717, 1.165) is 31.4 Å². The zero-order chi connectivity index (χ0) is 17.4. The molecular formula is C21H21NO3. The van der Waals surface area contributed by atoms with Gasteiger partial charge in [0, 0.05) is 6.04 Å². The van der Waals surface area contributed by atoms with Crippen LogP contribution in [0.3, 0.4) is 0 Å². The van der Waals surface area contributed by atoms with Crippen LogP contribution in [0.15, 0.2) is 48.5 Å². The monoisotopic (exact) mass is 335 g/mol. The Morgan fingerprint density at radius 2 is 1.40 bits per heavy atom. The van der Waals surface area contributed by atoms with Gasteiger partial charge in [0.05, 0.1) is 17.2 Å². The van der Waals surface area contributed by atoms with Gasteiger partial charge in [0.1, 0.15) is 5.75 Å². The number of hydrogen-bond donors (Lipinski definition) is 0. The zero-order valence-electron chi connectivity index (χ0n) is 14.3. The fraction of sp³-hybridized carbons (Fsp3) is 0.333. The Morgan fingerprint density at radius 3 is 1.96 bits per heavy atom. The Hall–Kier alpha value is -2.62. The van der Waals surface area contributed by atoms with Crippen molar-refractivity contribution in [3.8, 4) is 5.75 Å². The quantitative estimate of drug-likeness (QED) is 0.797. The van der Waals surface area contributed by atoms with Crippen molar-refractivity contribution in [2.45, 2.75) is 44.8 Å². The first-order chi connectivity index (χ1) is 12.1. The summed E-state index contributed by atoms with van der Waals surface area (Å²) in [7, 11) is 0. The van der Waals surface area contributed by atoms with E-state index < -0.39 is 0 Å². The van der Waals surface area contributed by atoms with Gasteiger partial charge in [-0.1, -0.05) is 29.8 Å². The summed E-state index contributed by atoms with van der Waals surface area (Å²) >= 11 is 0. The van der Waals surface area contributed by atoms with Crippen molar-refractivity contribution in [1.29, 1.82) is 0 Å². The number of imide groups is 1. The van der Waals surface area contributed by atoms with Crippen LogP contribution in [0.1, 0.15) is 52.0 Å². The lowest BCUT2D eigenvalue weighted by atomic mass is 9.91.